The van der Waals surface area contributed by atoms with Gasteiger partial charge in [-0.05, 0) is 30.7 Å². The maximum Gasteiger partial charge on any atom is 0.357 e. The lowest BCUT2D eigenvalue weighted by Crippen LogP contribution is -2.37. The first-order valence-corrected chi connectivity index (χ1v) is 11.6. The number of rotatable bonds is 8. The standard InChI is InChI=1S/C18H22N4O6S2/c19-30(25,26)14-4-2-13(3-5-14)16(23)21-18-20-15(12-29-18)17(24)28-9-1-6-22-7-10-27-11-8-22/h2-5,12H,1,6-11H2,(H2,19,25,26)(H,20,21,23). The number of benzene rings is 1. The SMILES string of the molecule is NS(=O)(=O)c1ccc(C(=O)Nc2nc(C(=O)OCCCN3CCOCC3)cs2)cc1. The number of amides is 1. The molecule has 2 heterocycles. The van der Waals surface area contributed by atoms with E-state index in [0.717, 1.165) is 44.2 Å². The van der Waals surface area contributed by atoms with Crippen LogP contribution < -0.4 is 10.5 Å². The van der Waals surface area contributed by atoms with E-state index in [0.29, 0.717) is 6.42 Å². The zero-order valence-corrected chi connectivity index (χ0v) is 17.7. The number of primary sulfonamides is 1. The predicted octanol–water partition coefficient (Wildman–Crippen LogP) is 0.922. The lowest BCUT2D eigenvalue weighted by molar-refractivity contribution is 0.0297. The average Bonchev–Trinajstić information content (AvgIpc) is 3.20. The van der Waals surface area contributed by atoms with E-state index in [9.17, 15) is 18.0 Å². The van der Waals surface area contributed by atoms with Gasteiger partial charge in [0.1, 0.15) is 0 Å². The van der Waals surface area contributed by atoms with Gasteiger partial charge in [-0.1, -0.05) is 0 Å². The number of carbonyl (C=O) groups excluding carboxylic acids is 2. The van der Waals surface area contributed by atoms with Crippen LogP contribution in [0.1, 0.15) is 27.3 Å². The highest BCUT2D eigenvalue weighted by molar-refractivity contribution is 7.89. The van der Waals surface area contributed by atoms with Crippen molar-refractivity contribution in [2.75, 3.05) is 44.8 Å². The van der Waals surface area contributed by atoms with Gasteiger partial charge < -0.3 is 9.47 Å². The molecule has 0 saturated carbocycles. The Hall–Kier alpha value is -2.38. The number of ether oxygens (including phenoxy) is 2. The fourth-order valence-electron chi connectivity index (χ4n) is 2.74. The fraction of sp³-hybridized carbons (Fsp3) is 0.389. The number of thiazole rings is 1. The summed E-state index contributed by atoms with van der Waals surface area (Å²) in [6.07, 6.45) is 0.716. The van der Waals surface area contributed by atoms with E-state index < -0.39 is 21.9 Å². The maximum absolute atomic E-state index is 12.3. The Labute approximate surface area is 178 Å². The number of nitrogens with two attached hydrogens (primary N) is 1. The highest BCUT2D eigenvalue weighted by atomic mass is 32.2. The van der Waals surface area contributed by atoms with Gasteiger partial charge >= 0.3 is 5.97 Å². The van der Waals surface area contributed by atoms with Gasteiger partial charge in [-0.15, -0.1) is 11.3 Å². The third-order valence-electron chi connectivity index (χ3n) is 4.33. The van der Waals surface area contributed by atoms with Gasteiger partial charge in [-0.3, -0.25) is 15.0 Å². The quantitative estimate of drug-likeness (QED) is 0.443. The number of hydrogen-bond acceptors (Lipinski definition) is 9. The smallest absolute Gasteiger partial charge is 0.357 e. The first-order valence-electron chi connectivity index (χ1n) is 9.20. The van der Waals surface area contributed by atoms with Crippen LogP contribution in [0, 0.1) is 0 Å². The first-order chi connectivity index (χ1) is 14.3. The zero-order valence-electron chi connectivity index (χ0n) is 16.1. The molecule has 2 aromatic rings. The van der Waals surface area contributed by atoms with Crippen molar-refractivity contribution in [2.24, 2.45) is 5.14 Å². The van der Waals surface area contributed by atoms with Gasteiger partial charge in [0.05, 0.1) is 24.7 Å². The van der Waals surface area contributed by atoms with Crippen LogP contribution in [-0.2, 0) is 19.5 Å². The highest BCUT2D eigenvalue weighted by Crippen LogP contribution is 2.18. The summed E-state index contributed by atoms with van der Waals surface area (Å²) in [4.78, 5) is 30.6. The molecular formula is C18H22N4O6S2. The first kappa shape index (κ1) is 22.3. The van der Waals surface area contributed by atoms with Crippen LogP contribution in [0.25, 0.3) is 0 Å². The summed E-state index contributed by atoms with van der Waals surface area (Å²) in [6.45, 7) is 4.33. The van der Waals surface area contributed by atoms with E-state index in [2.05, 4.69) is 15.2 Å². The monoisotopic (exact) mass is 454 g/mol. The normalized spacial score (nSPS) is 15.0. The Kier molecular flexibility index (Phi) is 7.50. The predicted molar refractivity (Wildman–Crippen MR) is 110 cm³/mol. The minimum Gasteiger partial charge on any atom is -0.461 e. The Balaban J connectivity index is 1.46. The second kappa shape index (κ2) is 10.1. The molecule has 1 saturated heterocycles. The van der Waals surface area contributed by atoms with E-state index in [1.165, 1.54) is 29.6 Å². The molecule has 0 radical (unpaired) electrons. The summed E-state index contributed by atoms with van der Waals surface area (Å²) in [6, 6.07) is 5.16. The van der Waals surface area contributed by atoms with Gasteiger partial charge in [-0.25, -0.2) is 23.3 Å². The molecular weight excluding hydrogens is 432 g/mol. The Bertz CT molecular complexity index is 984. The molecule has 162 valence electrons. The summed E-state index contributed by atoms with van der Waals surface area (Å²) in [5.74, 6) is -1.04. The van der Waals surface area contributed by atoms with E-state index in [1.807, 2.05) is 0 Å². The van der Waals surface area contributed by atoms with Crippen molar-refractivity contribution in [1.82, 2.24) is 9.88 Å². The summed E-state index contributed by atoms with van der Waals surface area (Å²) >= 11 is 1.09. The molecule has 0 spiro atoms. The molecule has 3 rings (SSSR count). The van der Waals surface area contributed by atoms with Crippen molar-refractivity contribution in [2.45, 2.75) is 11.3 Å². The molecule has 1 aliphatic rings. The number of aromatic nitrogens is 1. The number of morpholine rings is 1. The summed E-state index contributed by atoms with van der Waals surface area (Å²) < 4.78 is 33.0. The van der Waals surface area contributed by atoms with Gasteiger partial charge in [0.15, 0.2) is 10.8 Å². The van der Waals surface area contributed by atoms with Crippen LogP contribution in [0.3, 0.4) is 0 Å². The fourth-order valence-corrected chi connectivity index (χ4v) is 3.93. The third-order valence-corrected chi connectivity index (χ3v) is 6.02. The third kappa shape index (κ3) is 6.31. The number of sulfonamides is 1. The molecule has 10 nitrogen and oxygen atoms in total. The lowest BCUT2D eigenvalue weighted by atomic mass is 10.2. The minimum atomic E-state index is -3.83. The number of nitrogens with one attached hydrogen (secondary N) is 1. The van der Waals surface area contributed by atoms with E-state index >= 15 is 0 Å². The number of esters is 1. The Morgan fingerprint density at radius 3 is 2.60 bits per heavy atom. The molecule has 1 aromatic heterocycles. The van der Waals surface area contributed by atoms with Gasteiger partial charge in [0, 0.05) is 30.6 Å². The molecule has 0 aliphatic carbocycles. The van der Waals surface area contributed by atoms with Crippen LogP contribution in [0.4, 0.5) is 5.13 Å². The van der Waals surface area contributed by atoms with Crippen LogP contribution in [-0.4, -0.2) is 69.6 Å². The number of anilines is 1. The van der Waals surface area contributed by atoms with Crippen molar-refractivity contribution >= 4 is 38.4 Å². The van der Waals surface area contributed by atoms with Crippen LogP contribution in [0.15, 0.2) is 34.5 Å². The Morgan fingerprint density at radius 1 is 1.23 bits per heavy atom. The molecule has 0 bridgehead atoms. The Morgan fingerprint density at radius 2 is 1.93 bits per heavy atom. The van der Waals surface area contributed by atoms with Gasteiger partial charge in [0.25, 0.3) is 5.91 Å². The number of carbonyl (C=O) groups is 2. The molecule has 30 heavy (non-hydrogen) atoms. The largest absolute Gasteiger partial charge is 0.461 e. The summed E-state index contributed by atoms with van der Waals surface area (Å²) in [5, 5.41) is 9.33. The summed E-state index contributed by atoms with van der Waals surface area (Å²) in [7, 11) is -3.83. The van der Waals surface area contributed by atoms with Crippen molar-refractivity contribution in [1.29, 1.82) is 0 Å². The highest BCUT2D eigenvalue weighted by Gasteiger charge is 2.16. The molecule has 1 amide bonds. The van der Waals surface area contributed by atoms with E-state index in [1.54, 1.807) is 0 Å². The summed E-state index contributed by atoms with van der Waals surface area (Å²) in [5.41, 5.74) is 0.344. The number of hydrogen-bond donors (Lipinski definition) is 2. The van der Waals surface area contributed by atoms with Gasteiger partial charge in [0.2, 0.25) is 10.0 Å². The molecule has 1 aromatic carbocycles. The topological polar surface area (TPSA) is 141 Å². The number of nitrogens with zero attached hydrogens (tertiary/aromatic N) is 2. The van der Waals surface area contributed by atoms with Crippen LogP contribution in [0.2, 0.25) is 0 Å². The van der Waals surface area contributed by atoms with Crippen molar-refractivity contribution < 1.29 is 27.5 Å². The molecule has 3 N–H and O–H groups in total. The second-order valence-corrected chi connectivity index (χ2v) is 8.92. The van der Waals surface area contributed by atoms with E-state index in [4.69, 9.17) is 14.6 Å². The van der Waals surface area contributed by atoms with Crippen LogP contribution in [0.5, 0.6) is 0 Å². The van der Waals surface area contributed by atoms with Crippen LogP contribution >= 0.6 is 11.3 Å². The van der Waals surface area contributed by atoms with E-state index in [-0.39, 0.29) is 27.9 Å². The zero-order chi connectivity index (χ0) is 21.6. The van der Waals surface area contributed by atoms with Crippen molar-refractivity contribution in [3.63, 3.8) is 0 Å². The lowest BCUT2D eigenvalue weighted by Gasteiger charge is -2.26. The van der Waals surface area contributed by atoms with Crippen molar-refractivity contribution in [3.8, 4) is 0 Å². The second-order valence-electron chi connectivity index (χ2n) is 6.50. The van der Waals surface area contributed by atoms with Crippen molar-refractivity contribution in [3.05, 3.63) is 40.9 Å². The maximum atomic E-state index is 12.3. The molecule has 1 fully saturated rings. The molecule has 12 heteroatoms. The minimum absolute atomic E-state index is 0.0908. The average molecular weight is 455 g/mol. The molecule has 0 atom stereocenters. The molecule has 0 unspecified atom stereocenters. The molecule has 1 aliphatic heterocycles. The van der Waals surface area contributed by atoms with Gasteiger partial charge in [-0.2, -0.15) is 0 Å².